The number of amides is 2. The van der Waals surface area contributed by atoms with Gasteiger partial charge in [-0.25, -0.2) is 5.01 Å². The minimum absolute atomic E-state index is 0.218. The maximum Gasteiger partial charge on any atom is 0.268 e. The van der Waals surface area contributed by atoms with Crippen molar-refractivity contribution in [2.75, 3.05) is 40.7 Å². The summed E-state index contributed by atoms with van der Waals surface area (Å²) in [5.74, 6) is 0.619. The second kappa shape index (κ2) is 10.0. The van der Waals surface area contributed by atoms with E-state index in [0.29, 0.717) is 33.4 Å². The van der Waals surface area contributed by atoms with Gasteiger partial charge < -0.3 is 19.5 Å². The molecule has 0 aliphatic heterocycles. The SMILES string of the molecule is COc1cc(C(=O)Nc2sc3c(c2C(=O)NN(C)C)CCCCC3)cc(OC)c1OC. The Morgan fingerprint density at radius 2 is 1.58 bits per heavy atom. The molecular weight excluding hydrogens is 418 g/mol. The third kappa shape index (κ3) is 4.94. The zero-order valence-electron chi connectivity index (χ0n) is 18.6. The highest BCUT2D eigenvalue weighted by Crippen LogP contribution is 2.40. The summed E-state index contributed by atoms with van der Waals surface area (Å²) >= 11 is 1.48. The molecule has 0 fully saturated rings. The van der Waals surface area contributed by atoms with E-state index >= 15 is 0 Å². The number of methoxy groups -OCH3 is 3. The first kappa shape index (κ1) is 22.9. The number of hydrogen-bond donors (Lipinski definition) is 2. The number of hydrogen-bond acceptors (Lipinski definition) is 7. The lowest BCUT2D eigenvalue weighted by molar-refractivity contribution is 0.0857. The lowest BCUT2D eigenvalue weighted by Crippen LogP contribution is -2.36. The first-order chi connectivity index (χ1) is 14.9. The molecular formula is C22H29N3O5S. The van der Waals surface area contributed by atoms with E-state index in [-0.39, 0.29) is 11.8 Å². The van der Waals surface area contributed by atoms with Crippen LogP contribution in [0.15, 0.2) is 12.1 Å². The number of benzene rings is 1. The summed E-state index contributed by atoms with van der Waals surface area (Å²) in [6.45, 7) is 0. The minimum atomic E-state index is -0.352. The van der Waals surface area contributed by atoms with Crippen LogP contribution < -0.4 is 25.0 Å². The highest BCUT2D eigenvalue weighted by Gasteiger charge is 2.27. The van der Waals surface area contributed by atoms with Gasteiger partial charge in [0.2, 0.25) is 5.75 Å². The van der Waals surface area contributed by atoms with Crippen molar-refractivity contribution < 1.29 is 23.8 Å². The number of ether oxygens (including phenoxy) is 3. The fourth-order valence-electron chi connectivity index (χ4n) is 3.72. The Balaban J connectivity index is 1.98. The summed E-state index contributed by atoms with van der Waals surface area (Å²) in [7, 11) is 8.03. The predicted octanol–water partition coefficient (Wildman–Crippen LogP) is 3.50. The fraction of sp³-hybridized carbons (Fsp3) is 0.455. The number of carbonyl (C=O) groups is 2. The van der Waals surface area contributed by atoms with E-state index in [2.05, 4.69) is 10.7 Å². The summed E-state index contributed by atoms with van der Waals surface area (Å²) in [6.07, 6.45) is 5.02. The Kier molecular flexibility index (Phi) is 7.40. The quantitative estimate of drug-likeness (QED) is 0.499. The lowest BCUT2D eigenvalue weighted by atomic mass is 10.0. The molecule has 1 heterocycles. The van der Waals surface area contributed by atoms with Crippen molar-refractivity contribution in [3.05, 3.63) is 33.7 Å². The van der Waals surface area contributed by atoms with Crippen molar-refractivity contribution in [1.82, 2.24) is 10.4 Å². The topological polar surface area (TPSA) is 89.1 Å². The maximum atomic E-state index is 13.1. The van der Waals surface area contributed by atoms with Crippen LogP contribution in [0.2, 0.25) is 0 Å². The molecule has 168 valence electrons. The molecule has 2 aromatic rings. The van der Waals surface area contributed by atoms with Crippen molar-refractivity contribution in [2.45, 2.75) is 32.1 Å². The highest BCUT2D eigenvalue weighted by atomic mass is 32.1. The van der Waals surface area contributed by atoms with Crippen LogP contribution in [0.4, 0.5) is 5.00 Å². The van der Waals surface area contributed by atoms with Crippen LogP contribution in [-0.4, -0.2) is 52.2 Å². The van der Waals surface area contributed by atoms with E-state index in [1.807, 2.05) is 0 Å². The van der Waals surface area contributed by atoms with Crippen LogP contribution in [-0.2, 0) is 12.8 Å². The van der Waals surface area contributed by atoms with Crippen molar-refractivity contribution in [2.24, 2.45) is 0 Å². The third-order valence-electron chi connectivity index (χ3n) is 5.13. The summed E-state index contributed by atoms with van der Waals surface area (Å²) in [5, 5.41) is 5.11. The number of rotatable bonds is 7. The monoisotopic (exact) mass is 447 g/mol. The fourth-order valence-corrected chi connectivity index (χ4v) is 5.00. The summed E-state index contributed by atoms with van der Waals surface area (Å²) < 4.78 is 16.0. The van der Waals surface area contributed by atoms with Crippen LogP contribution in [0.25, 0.3) is 0 Å². The normalized spacial score (nSPS) is 13.2. The average molecular weight is 448 g/mol. The first-order valence-corrected chi connectivity index (χ1v) is 10.9. The zero-order valence-corrected chi connectivity index (χ0v) is 19.4. The van der Waals surface area contributed by atoms with Gasteiger partial charge in [0, 0.05) is 24.5 Å². The van der Waals surface area contributed by atoms with Gasteiger partial charge in [-0.2, -0.15) is 0 Å². The van der Waals surface area contributed by atoms with Crippen molar-refractivity contribution in [1.29, 1.82) is 0 Å². The molecule has 1 aromatic carbocycles. The molecule has 1 aliphatic carbocycles. The molecule has 8 nitrogen and oxygen atoms in total. The number of nitrogens with zero attached hydrogens (tertiary/aromatic N) is 1. The molecule has 0 atom stereocenters. The molecule has 3 rings (SSSR count). The number of aryl methyl sites for hydroxylation is 1. The van der Waals surface area contributed by atoms with Crippen LogP contribution in [0, 0.1) is 0 Å². The smallest absolute Gasteiger partial charge is 0.268 e. The standard InChI is InChI=1S/C22H29N3O5S/c1-25(2)24-21(27)18-14-9-7-6-8-10-17(14)31-22(18)23-20(26)13-11-15(28-3)19(30-5)16(12-13)29-4/h11-12H,6-10H2,1-5H3,(H,23,26)(H,24,27). The van der Waals surface area contributed by atoms with Gasteiger partial charge in [0.15, 0.2) is 11.5 Å². The first-order valence-electron chi connectivity index (χ1n) is 10.1. The second-order valence-corrected chi connectivity index (χ2v) is 8.58. The molecule has 0 saturated carbocycles. The Hall–Kier alpha value is -2.78. The van der Waals surface area contributed by atoms with Gasteiger partial charge in [0.05, 0.1) is 26.9 Å². The molecule has 0 radical (unpaired) electrons. The third-order valence-corrected chi connectivity index (χ3v) is 6.33. The number of hydrazine groups is 1. The van der Waals surface area contributed by atoms with Gasteiger partial charge in [0.25, 0.3) is 11.8 Å². The van der Waals surface area contributed by atoms with Gasteiger partial charge >= 0.3 is 0 Å². The highest BCUT2D eigenvalue weighted by molar-refractivity contribution is 7.17. The summed E-state index contributed by atoms with van der Waals surface area (Å²) in [4.78, 5) is 27.3. The number of fused-ring (bicyclic) bond motifs is 1. The Bertz CT molecular complexity index is 945. The number of anilines is 1. The molecule has 2 amide bonds. The van der Waals surface area contributed by atoms with Crippen LogP contribution in [0.3, 0.4) is 0 Å². The van der Waals surface area contributed by atoms with E-state index in [0.717, 1.165) is 37.7 Å². The number of thiophene rings is 1. The second-order valence-electron chi connectivity index (χ2n) is 7.47. The average Bonchev–Trinajstić information content (AvgIpc) is 2.92. The predicted molar refractivity (Wildman–Crippen MR) is 121 cm³/mol. The van der Waals surface area contributed by atoms with Gasteiger partial charge in [0.1, 0.15) is 5.00 Å². The molecule has 1 aromatic heterocycles. The van der Waals surface area contributed by atoms with Crippen LogP contribution >= 0.6 is 11.3 Å². The van der Waals surface area contributed by atoms with Gasteiger partial charge in [-0.15, -0.1) is 11.3 Å². The molecule has 0 saturated heterocycles. The molecule has 2 N–H and O–H groups in total. The molecule has 0 spiro atoms. The minimum Gasteiger partial charge on any atom is -0.493 e. The zero-order chi connectivity index (χ0) is 22.5. The van der Waals surface area contributed by atoms with Gasteiger partial charge in [-0.3, -0.25) is 15.0 Å². The van der Waals surface area contributed by atoms with E-state index in [4.69, 9.17) is 14.2 Å². The largest absolute Gasteiger partial charge is 0.493 e. The van der Waals surface area contributed by atoms with Crippen molar-refractivity contribution >= 4 is 28.2 Å². The van der Waals surface area contributed by atoms with E-state index < -0.39 is 0 Å². The van der Waals surface area contributed by atoms with Crippen molar-refractivity contribution in [3.63, 3.8) is 0 Å². The van der Waals surface area contributed by atoms with Gasteiger partial charge in [-0.05, 0) is 43.4 Å². The number of carbonyl (C=O) groups excluding carboxylic acids is 2. The molecule has 0 unspecified atom stereocenters. The molecule has 9 heteroatoms. The van der Waals surface area contributed by atoms with E-state index in [9.17, 15) is 9.59 Å². The maximum absolute atomic E-state index is 13.1. The Morgan fingerprint density at radius 1 is 0.935 bits per heavy atom. The van der Waals surface area contributed by atoms with Crippen molar-refractivity contribution in [3.8, 4) is 17.2 Å². The molecule has 0 bridgehead atoms. The van der Waals surface area contributed by atoms with Gasteiger partial charge in [-0.1, -0.05) is 6.42 Å². The van der Waals surface area contributed by atoms with Crippen LogP contribution in [0.1, 0.15) is 50.4 Å². The molecule has 31 heavy (non-hydrogen) atoms. The Morgan fingerprint density at radius 3 is 2.16 bits per heavy atom. The molecule has 1 aliphatic rings. The van der Waals surface area contributed by atoms with E-state index in [1.54, 1.807) is 31.2 Å². The summed E-state index contributed by atoms with van der Waals surface area (Å²) in [5.41, 5.74) is 4.75. The lowest BCUT2D eigenvalue weighted by Gasteiger charge is -2.15. The van der Waals surface area contributed by atoms with Crippen LogP contribution in [0.5, 0.6) is 17.2 Å². The number of nitrogens with one attached hydrogen (secondary N) is 2. The Labute approximate surface area is 186 Å². The summed E-state index contributed by atoms with van der Waals surface area (Å²) in [6, 6.07) is 3.18. The van der Waals surface area contributed by atoms with E-state index in [1.165, 1.54) is 37.5 Å².